The molecule has 0 radical (unpaired) electrons. The third-order valence-corrected chi connectivity index (χ3v) is 2.93. The number of aromatic nitrogens is 1. The summed E-state index contributed by atoms with van der Waals surface area (Å²) in [6, 6.07) is 5.25. The Balaban J connectivity index is 2.09. The van der Waals surface area contributed by atoms with E-state index in [0.717, 1.165) is 5.69 Å². The second-order valence-corrected chi connectivity index (χ2v) is 4.24. The molecule has 1 aromatic rings. The number of pyridine rings is 1. The molecule has 2 heterocycles. The lowest BCUT2D eigenvalue weighted by Crippen LogP contribution is -2.30. The fourth-order valence-corrected chi connectivity index (χ4v) is 1.97. The first-order chi connectivity index (χ1) is 8.08. The molecular formula is C12H14N2O3. The number of amides is 1. The highest BCUT2D eigenvalue weighted by molar-refractivity contribution is 5.93. The van der Waals surface area contributed by atoms with E-state index < -0.39 is 11.9 Å². The molecule has 0 bridgehead atoms. The molecule has 5 heteroatoms. The average molecular weight is 234 g/mol. The minimum absolute atomic E-state index is 0.183. The number of nitrogens with zero attached hydrogens (tertiary/aromatic N) is 2. The van der Waals surface area contributed by atoms with E-state index in [1.54, 1.807) is 17.0 Å². The number of carbonyl (C=O) groups excluding carboxylic acids is 1. The van der Waals surface area contributed by atoms with E-state index in [1.807, 2.05) is 13.0 Å². The topological polar surface area (TPSA) is 70.5 Å². The quantitative estimate of drug-likeness (QED) is 0.826. The number of carboxylic acid groups (broad SMARTS) is 1. The van der Waals surface area contributed by atoms with Crippen LogP contribution in [0.2, 0.25) is 0 Å². The SMILES string of the molecule is Cc1cccc(C(=O)N2CC[C@H](C(=O)O)C2)n1. The van der Waals surface area contributed by atoms with Crippen LogP contribution in [0, 0.1) is 12.8 Å². The molecule has 0 aromatic carbocycles. The van der Waals surface area contributed by atoms with Crippen molar-refractivity contribution < 1.29 is 14.7 Å². The highest BCUT2D eigenvalue weighted by Gasteiger charge is 2.31. The molecule has 1 aromatic heterocycles. The fraction of sp³-hybridized carbons (Fsp3) is 0.417. The number of rotatable bonds is 2. The lowest BCUT2D eigenvalue weighted by atomic mass is 10.1. The minimum Gasteiger partial charge on any atom is -0.481 e. The predicted molar refractivity (Wildman–Crippen MR) is 60.6 cm³/mol. The van der Waals surface area contributed by atoms with Crippen molar-refractivity contribution in [1.82, 2.24) is 9.88 Å². The highest BCUT2D eigenvalue weighted by Crippen LogP contribution is 2.18. The number of carbonyl (C=O) groups is 2. The molecule has 1 fully saturated rings. The number of carboxylic acids is 1. The maximum atomic E-state index is 12.0. The molecule has 17 heavy (non-hydrogen) atoms. The molecule has 90 valence electrons. The maximum absolute atomic E-state index is 12.0. The van der Waals surface area contributed by atoms with Gasteiger partial charge in [-0.25, -0.2) is 4.98 Å². The van der Waals surface area contributed by atoms with Gasteiger partial charge in [-0.15, -0.1) is 0 Å². The predicted octanol–water partition coefficient (Wildman–Crippen LogP) is 0.937. The Bertz CT molecular complexity index is 459. The van der Waals surface area contributed by atoms with Crippen LogP contribution < -0.4 is 0 Å². The van der Waals surface area contributed by atoms with Crippen LogP contribution in [0.3, 0.4) is 0 Å². The van der Waals surface area contributed by atoms with Crippen molar-refractivity contribution in [3.63, 3.8) is 0 Å². The van der Waals surface area contributed by atoms with Gasteiger partial charge in [-0.1, -0.05) is 6.07 Å². The summed E-state index contributed by atoms with van der Waals surface area (Å²) >= 11 is 0. The van der Waals surface area contributed by atoms with Gasteiger partial charge in [0.1, 0.15) is 5.69 Å². The lowest BCUT2D eigenvalue weighted by molar-refractivity contribution is -0.141. The van der Waals surface area contributed by atoms with Crippen LogP contribution in [0.1, 0.15) is 22.6 Å². The van der Waals surface area contributed by atoms with E-state index in [0.29, 0.717) is 18.7 Å². The van der Waals surface area contributed by atoms with Gasteiger partial charge in [-0.05, 0) is 25.5 Å². The number of aliphatic carboxylic acids is 1. The monoisotopic (exact) mass is 234 g/mol. The van der Waals surface area contributed by atoms with Crippen LogP contribution in [-0.2, 0) is 4.79 Å². The Labute approximate surface area is 99.1 Å². The molecule has 2 rings (SSSR count). The number of hydrogen-bond donors (Lipinski definition) is 1. The van der Waals surface area contributed by atoms with Crippen molar-refractivity contribution in [3.8, 4) is 0 Å². The van der Waals surface area contributed by atoms with Crippen molar-refractivity contribution in [2.45, 2.75) is 13.3 Å². The smallest absolute Gasteiger partial charge is 0.308 e. The first-order valence-corrected chi connectivity index (χ1v) is 5.53. The summed E-state index contributed by atoms with van der Waals surface area (Å²) in [7, 11) is 0. The standard InChI is InChI=1S/C12H14N2O3/c1-8-3-2-4-10(13-8)11(15)14-6-5-9(7-14)12(16)17/h2-4,9H,5-7H2,1H3,(H,16,17)/t9-/m0/s1. The zero-order chi connectivity index (χ0) is 12.4. The van der Waals surface area contributed by atoms with Crippen LogP contribution in [0.5, 0.6) is 0 Å². The lowest BCUT2D eigenvalue weighted by Gasteiger charge is -2.15. The molecule has 1 amide bonds. The van der Waals surface area contributed by atoms with Crippen LogP contribution >= 0.6 is 0 Å². The van der Waals surface area contributed by atoms with Crippen molar-refractivity contribution in [3.05, 3.63) is 29.6 Å². The van der Waals surface area contributed by atoms with E-state index in [4.69, 9.17) is 5.11 Å². The number of aryl methyl sites for hydroxylation is 1. The van der Waals surface area contributed by atoms with E-state index in [2.05, 4.69) is 4.98 Å². The third-order valence-electron chi connectivity index (χ3n) is 2.93. The number of hydrogen-bond acceptors (Lipinski definition) is 3. The summed E-state index contributed by atoms with van der Waals surface area (Å²) in [5.41, 5.74) is 1.17. The molecule has 0 spiro atoms. The van der Waals surface area contributed by atoms with E-state index in [-0.39, 0.29) is 12.5 Å². The largest absolute Gasteiger partial charge is 0.481 e. The Morgan fingerprint density at radius 2 is 2.24 bits per heavy atom. The van der Waals surface area contributed by atoms with Crippen LogP contribution in [0.4, 0.5) is 0 Å². The number of likely N-dealkylation sites (tertiary alicyclic amines) is 1. The Morgan fingerprint density at radius 1 is 1.47 bits per heavy atom. The van der Waals surface area contributed by atoms with Crippen molar-refractivity contribution in [1.29, 1.82) is 0 Å². The van der Waals surface area contributed by atoms with Gasteiger partial charge < -0.3 is 10.0 Å². The molecular weight excluding hydrogens is 220 g/mol. The zero-order valence-electron chi connectivity index (χ0n) is 9.59. The first-order valence-electron chi connectivity index (χ1n) is 5.53. The minimum atomic E-state index is -0.836. The Morgan fingerprint density at radius 3 is 2.82 bits per heavy atom. The van der Waals surface area contributed by atoms with Crippen LogP contribution in [0.15, 0.2) is 18.2 Å². The van der Waals surface area contributed by atoms with Crippen molar-refractivity contribution in [2.24, 2.45) is 5.92 Å². The molecule has 1 atom stereocenters. The van der Waals surface area contributed by atoms with Crippen LogP contribution in [-0.4, -0.2) is 40.0 Å². The van der Waals surface area contributed by atoms with E-state index >= 15 is 0 Å². The maximum Gasteiger partial charge on any atom is 0.308 e. The zero-order valence-corrected chi connectivity index (χ0v) is 9.59. The van der Waals surface area contributed by atoms with Gasteiger partial charge >= 0.3 is 5.97 Å². The van der Waals surface area contributed by atoms with Gasteiger partial charge in [0.15, 0.2) is 0 Å². The summed E-state index contributed by atoms with van der Waals surface area (Å²) in [6.07, 6.45) is 0.521. The van der Waals surface area contributed by atoms with Gasteiger partial charge in [-0.3, -0.25) is 9.59 Å². The molecule has 1 aliphatic rings. The van der Waals surface area contributed by atoms with E-state index in [1.165, 1.54) is 0 Å². The second kappa shape index (κ2) is 4.53. The molecule has 0 unspecified atom stereocenters. The molecule has 1 saturated heterocycles. The van der Waals surface area contributed by atoms with Crippen molar-refractivity contribution >= 4 is 11.9 Å². The van der Waals surface area contributed by atoms with Gasteiger partial charge in [0.05, 0.1) is 5.92 Å². The Kier molecular flexibility index (Phi) is 3.08. The summed E-state index contributed by atoms with van der Waals surface area (Å²) in [6.45, 7) is 2.59. The Hall–Kier alpha value is -1.91. The molecule has 0 aliphatic carbocycles. The van der Waals surface area contributed by atoms with Gasteiger partial charge in [0.2, 0.25) is 0 Å². The molecule has 1 aliphatic heterocycles. The second-order valence-electron chi connectivity index (χ2n) is 4.24. The summed E-state index contributed by atoms with van der Waals surface area (Å²) in [4.78, 5) is 28.5. The molecule has 5 nitrogen and oxygen atoms in total. The van der Waals surface area contributed by atoms with Crippen molar-refractivity contribution in [2.75, 3.05) is 13.1 Å². The fourth-order valence-electron chi connectivity index (χ4n) is 1.97. The summed E-state index contributed by atoms with van der Waals surface area (Å²) in [5.74, 6) is -1.46. The van der Waals surface area contributed by atoms with Gasteiger partial charge in [0.25, 0.3) is 5.91 Å². The van der Waals surface area contributed by atoms with E-state index in [9.17, 15) is 9.59 Å². The average Bonchev–Trinajstić information content (AvgIpc) is 2.77. The first kappa shape index (κ1) is 11.6. The van der Waals surface area contributed by atoms with Gasteiger partial charge in [-0.2, -0.15) is 0 Å². The summed E-state index contributed by atoms with van der Waals surface area (Å²) < 4.78 is 0. The third kappa shape index (κ3) is 2.43. The highest BCUT2D eigenvalue weighted by atomic mass is 16.4. The molecule has 0 saturated carbocycles. The normalized spacial score (nSPS) is 19.4. The van der Waals surface area contributed by atoms with Crippen LogP contribution in [0.25, 0.3) is 0 Å². The van der Waals surface area contributed by atoms with Gasteiger partial charge in [0, 0.05) is 18.8 Å². The molecule has 1 N–H and O–H groups in total. The summed E-state index contributed by atoms with van der Waals surface area (Å²) in [5, 5.41) is 8.87.